The van der Waals surface area contributed by atoms with E-state index in [1.807, 2.05) is 19.1 Å². The summed E-state index contributed by atoms with van der Waals surface area (Å²) in [6.07, 6.45) is 0. The molecular weight excluding hydrogens is 272 g/mol. The molecule has 4 nitrogen and oxygen atoms in total. The Bertz CT molecular complexity index is 597. The molecule has 2 heterocycles. The second-order valence-corrected chi connectivity index (χ2v) is 5.80. The number of aryl methyl sites for hydroxylation is 1. The number of rotatable bonds is 4. The fourth-order valence-electron chi connectivity index (χ4n) is 2.13. The average molecular weight is 290 g/mol. The molecule has 1 N–H and O–H groups in total. The van der Waals surface area contributed by atoms with E-state index in [1.165, 1.54) is 5.56 Å². The molecule has 1 atom stereocenters. The molecule has 0 amide bonds. The van der Waals surface area contributed by atoms with Gasteiger partial charge in [0.1, 0.15) is 18.2 Å². The van der Waals surface area contributed by atoms with Crippen LogP contribution in [0.15, 0.2) is 23.6 Å². The SMILES string of the molecule is Cc1csc(C(C)NCc2ccc3c(c2)OCCO3)n1. The van der Waals surface area contributed by atoms with Crippen LogP contribution in [-0.4, -0.2) is 18.2 Å². The van der Waals surface area contributed by atoms with E-state index >= 15 is 0 Å². The first-order valence-electron chi connectivity index (χ1n) is 6.76. The van der Waals surface area contributed by atoms with Crippen molar-refractivity contribution in [1.82, 2.24) is 10.3 Å². The van der Waals surface area contributed by atoms with Gasteiger partial charge >= 0.3 is 0 Å². The Hall–Kier alpha value is -1.59. The van der Waals surface area contributed by atoms with Crippen molar-refractivity contribution in [3.8, 4) is 11.5 Å². The standard InChI is InChI=1S/C15H18N2O2S/c1-10-9-20-15(17-10)11(2)16-8-12-3-4-13-14(7-12)19-6-5-18-13/h3-4,7,9,11,16H,5-6,8H2,1-2H3. The molecule has 0 bridgehead atoms. The van der Waals surface area contributed by atoms with Gasteiger partial charge in [-0.3, -0.25) is 0 Å². The molecule has 1 aromatic heterocycles. The molecule has 0 aliphatic carbocycles. The average Bonchev–Trinajstić information content (AvgIpc) is 2.91. The summed E-state index contributed by atoms with van der Waals surface area (Å²) in [6, 6.07) is 6.34. The molecule has 0 spiro atoms. The van der Waals surface area contributed by atoms with E-state index in [0.717, 1.165) is 28.7 Å². The van der Waals surface area contributed by atoms with Gasteiger partial charge in [-0.1, -0.05) is 6.07 Å². The summed E-state index contributed by atoms with van der Waals surface area (Å²) in [5, 5.41) is 6.69. The Kier molecular flexibility index (Phi) is 3.89. The highest BCUT2D eigenvalue weighted by molar-refractivity contribution is 7.09. The van der Waals surface area contributed by atoms with E-state index in [2.05, 4.69) is 28.7 Å². The van der Waals surface area contributed by atoms with Crippen molar-refractivity contribution in [2.45, 2.75) is 26.4 Å². The molecule has 0 fully saturated rings. The smallest absolute Gasteiger partial charge is 0.161 e. The Labute approximate surface area is 122 Å². The van der Waals surface area contributed by atoms with Gasteiger partial charge in [-0.05, 0) is 31.5 Å². The maximum atomic E-state index is 5.60. The third-order valence-corrected chi connectivity index (χ3v) is 4.37. The van der Waals surface area contributed by atoms with Crippen LogP contribution < -0.4 is 14.8 Å². The minimum atomic E-state index is 0.252. The number of nitrogens with one attached hydrogen (secondary N) is 1. The first-order chi connectivity index (χ1) is 9.72. The van der Waals surface area contributed by atoms with Crippen molar-refractivity contribution in [2.24, 2.45) is 0 Å². The van der Waals surface area contributed by atoms with Gasteiger partial charge in [-0.15, -0.1) is 11.3 Å². The highest BCUT2D eigenvalue weighted by Crippen LogP contribution is 2.30. The highest BCUT2D eigenvalue weighted by atomic mass is 32.1. The lowest BCUT2D eigenvalue weighted by atomic mass is 10.2. The quantitative estimate of drug-likeness (QED) is 0.940. The van der Waals surface area contributed by atoms with E-state index < -0.39 is 0 Å². The monoisotopic (exact) mass is 290 g/mol. The summed E-state index contributed by atoms with van der Waals surface area (Å²) in [5.41, 5.74) is 2.27. The summed E-state index contributed by atoms with van der Waals surface area (Å²) in [5.74, 6) is 1.68. The molecule has 3 rings (SSSR count). The number of fused-ring (bicyclic) bond motifs is 1. The van der Waals surface area contributed by atoms with Crippen LogP contribution in [0.1, 0.15) is 29.2 Å². The Morgan fingerprint density at radius 3 is 2.85 bits per heavy atom. The van der Waals surface area contributed by atoms with E-state index in [1.54, 1.807) is 11.3 Å². The van der Waals surface area contributed by atoms with Crippen molar-refractivity contribution in [3.63, 3.8) is 0 Å². The molecule has 1 unspecified atom stereocenters. The second kappa shape index (κ2) is 5.81. The molecule has 1 aromatic carbocycles. The minimum absolute atomic E-state index is 0.252. The summed E-state index contributed by atoms with van der Waals surface area (Å²) < 4.78 is 11.1. The zero-order valence-electron chi connectivity index (χ0n) is 11.7. The molecule has 1 aliphatic rings. The van der Waals surface area contributed by atoms with Crippen molar-refractivity contribution in [3.05, 3.63) is 39.8 Å². The van der Waals surface area contributed by atoms with Crippen LogP contribution in [0.25, 0.3) is 0 Å². The number of nitrogens with zero attached hydrogens (tertiary/aromatic N) is 1. The van der Waals surface area contributed by atoms with Crippen LogP contribution in [0.3, 0.4) is 0 Å². The second-order valence-electron chi connectivity index (χ2n) is 4.91. The molecule has 2 aromatic rings. The molecule has 106 valence electrons. The number of benzene rings is 1. The summed E-state index contributed by atoms with van der Waals surface area (Å²) >= 11 is 1.70. The van der Waals surface area contributed by atoms with E-state index in [9.17, 15) is 0 Å². The zero-order valence-corrected chi connectivity index (χ0v) is 12.5. The molecule has 20 heavy (non-hydrogen) atoms. The number of aromatic nitrogens is 1. The molecular formula is C15H18N2O2S. The number of ether oxygens (including phenoxy) is 2. The van der Waals surface area contributed by atoms with E-state index in [0.29, 0.717) is 13.2 Å². The van der Waals surface area contributed by atoms with Crippen LogP contribution in [0, 0.1) is 6.92 Å². The minimum Gasteiger partial charge on any atom is -0.486 e. The predicted octanol–water partition coefficient (Wildman–Crippen LogP) is 3.07. The van der Waals surface area contributed by atoms with Crippen molar-refractivity contribution >= 4 is 11.3 Å². The lowest BCUT2D eigenvalue weighted by Crippen LogP contribution is -2.19. The lowest BCUT2D eigenvalue weighted by molar-refractivity contribution is 0.171. The van der Waals surface area contributed by atoms with E-state index in [4.69, 9.17) is 9.47 Å². The van der Waals surface area contributed by atoms with Gasteiger partial charge in [0.05, 0.1) is 6.04 Å². The fraction of sp³-hybridized carbons (Fsp3) is 0.400. The summed E-state index contributed by atoms with van der Waals surface area (Å²) in [4.78, 5) is 4.50. The largest absolute Gasteiger partial charge is 0.486 e. The van der Waals surface area contributed by atoms with Crippen molar-refractivity contribution < 1.29 is 9.47 Å². The van der Waals surface area contributed by atoms with Crippen LogP contribution in [0.5, 0.6) is 11.5 Å². The van der Waals surface area contributed by atoms with Gasteiger partial charge in [0.15, 0.2) is 11.5 Å². The summed E-state index contributed by atoms with van der Waals surface area (Å²) in [7, 11) is 0. The van der Waals surface area contributed by atoms with Gasteiger partial charge in [-0.25, -0.2) is 4.98 Å². The van der Waals surface area contributed by atoms with Crippen LogP contribution >= 0.6 is 11.3 Å². The third-order valence-electron chi connectivity index (χ3n) is 3.23. The van der Waals surface area contributed by atoms with Crippen LogP contribution in [0.2, 0.25) is 0 Å². The van der Waals surface area contributed by atoms with E-state index in [-0.39, 0.29) is 6.04 Å². The molecule has 0 radical (unpaired) electrons. The predicted molar refractivity (Wildman–Crippen MR) is 79.5 cm³/mol. The Morgan fingerprint density at radius 2 is 2.10 bits per heavy atom. The molecule has 0 saturated carbocycles. The third kappa shape index (κ3) is 2.94. The maximum Gasteiger partial charge on any atom is 0.161 e. The number of hydrogen-bond donors (Lipinski definition) is 1. The highest BCUT2D eigenvalue weighted by Gasteiger charge is 2.13. The first kappa shape index (κ1) is 13.4. The maximum absolute atomic E-state index is 5.60. The fourth-order valence-corrected chi connectivity index (χ4v) is 2.96. The zero-order chi connectivity index (χ0) is 13.9. The van der Waals surface area contributed by atoms with Gasteiger partial charge in [-0.2, -0.15) is 0 Å². The van der Waals surface area contributed by atoms with Gasteiger partial charge in [0.2, 0.25) is 0 Å². The number of thiazole rings is 1. The van der Waals surface area contributed by atoms with Crippen LogP contribution in [0.4, 0.5) is 0 Å². The Balaban J connectivity index is 1.63. The lowest BCUT2D eigenvalue weighted by Gasteiger charge is -2.19. The van der Waals surface area contributed by atoms with Gasteiger partial charge < -0.3 is 14.8 Å². The van der Waals surface area contributed by atoms with Gasteiger partial charge in [0.25, 0.3) is 0 Å². The summed E-state index contributed by atoms with van der Waals surface area (Å²) in [6.45, 7) is 6.20. The number of hydrogen-bond acceptors (Lipinski definition) is 5. The topological polar surface area (TPSA) is 43.4 Å². The van der Waals surface area contributed by atoms with Gasteiger partial charge in [0, 0.05) is 17.6 Å². The van der Waals surface area contributed by atoms with Crippen molar-refractivity contribution in [2.75, 3.05) is 13.2 Å². The Morgan fingerprint density at radius 1 is 1.30 bits per heavy atom. The first-order valence-corrected chi connectivity index (χ1v) is 7.64. The molecule has 1 aliphatic heterocycles. The normalized spacial score (nSPS) is 15.1. The molecule has 0 saturated heterocycles. The van der Waals surface area contributed by atoms with Crippen molar-refractivity contribution in [1.29, 1.82) is 0 Å². The van der Waals surface area contributed by atoms with Crippen LogP contribution in [-0.2, 0) is 6.54 Å². The molecule has 5 heteroatoms.